The third kappa shape index (κ3) is 3.67. The molecule has 1 amide bonds. The summed E-state index contributed by atoms with van der Waals surface area (Å²) < 4.78 is 0. The van der Waals surface area contributed by atoms with Gasteiger partial charge in [-0.2, -0.15) is 5.26 Å². The molecule has 1 fully saturated rings. The van der Waals surface area contributed by atoms with Crippen LogP contribution < -0.4 is 10.2 Å². The monoisotopic (exact) mass is 306 g/mol. The fourth-order valence-corrected chi connectivity index (χ4v) is 2.80. The molecule has 0 radical (unpaired) electrons. The molecular formula is C18H18N4O. The molecule has 1 aliphatic heterocycles. The van der Waals surface area contributed by atoms with E-state index >= 15 is 0 Å². The Labute approximate surface area is 135 Å². The zero-order valence-corrected chi connectivity index (χ0v) is 12.8. The van der Waals surface area contributed by atoms with E-state index in [-0.39, 0.29) is 11.8 Å². The maximum absolute atomic E-state index is 12.4. The zero-order valence-electron chi connectivity index (χ0n) is 12.8. The van der Waals surface area contributed by atoms with E-state index in [0.717, 1.165) is 30.9 Å². The van der Waals surface area contributed by atoms with Gasteiger partial charge >= 0.3 is 0 Å². The molecule has 116 valence electrons. The van der Waals surface area contributed by atoms with Crippen LogP contribution in [-0.4, -0.2) is 24.0 Å². The van der Waals surface area contributed by atoms with Crippen LogP contribution in [0, 0.1) is 17.2 Å². The Bertz CT molecular complexity index is 706. The Hall–Kier alpha value is -2.87. The smallest absolute Gasteiger partial charge is 0.229 e. The topological polar surface area (TPSA) is 69.0 Å². The van der Waals surface area contributed by atoms with Crippen molar-refractivity contribution in [2.24, 2.45) is 5.92 Å². The number of hydrogen-bond donors (Lipinski definition) is 1. The van der Waals surface area contributed by atoms with Gasteiger partial charge in [0.05, 0.1) is 11.5 Å². The Kier molecular flexibility index (Phi) is 4.53. The highest BCUT2D eigenvalue weighted by Gasteiger charge is 2.26. The van der Waals surface area contributed by atoms with Gasteiger partial charge in [-0.05, 0) is 37.1 Å². The van der Waals surface area contributed by atoms with E-state index in [1.54, 1.807) is 12.3 Å². The molecule has 1 atom stereocenters. The molecule has 2 aromatic rings. The van der Waals surface area contributed by atoms with Crippen LogP contribution in [0.5, 0.6) is 0 Å². The van der Waals surface area contributed by atoms with Gasteiger partial charge in [-0.1, -0.05) is 18.2 Å². The highest BCUT2D eigenvalue weighted by Crippen LogP contribution is 2.23. The lowest BCUT2D eigenvalue weighted by molar-refractivity contribution is -0.120. The molecule has 1 N–H and O–H groups in total. The first-order chi connectivity index (χ1) is 11.3. The summed E-state index contributed by atoms with van der Waals surface area (Å²) in [5.41, 5.74) is 1.37. The fourth-order valence-electron chi connectivity index (χ4n) is 2.80. The Morgan fingerprint density at radius 2 is 2.09 bits per heavy atom. The number of carbonyl (C=O) groups is 1. The predicted octanol–water partition coefficient (Wildman–Crippen LogP) is 2.81. The minimum atomic E-state index is -0.0543. The van der Waals surface area contributed by atoms with Gasteiger partial charge in [-0.15, -0.1) is 0 Å². The first kappa shape index (κ1) is 15.0. The standard InChI is InChI=1S/C18H18N4O/c19-11-14-8-9-17(20-12-14)22-10-4-5-15(13-22)18(23)21-16-6-2-1-3-7-16/h1-3,6-9,12,15H,4-5,10,13H2,(H,21,23)/t15-/m0/s1. The predicted molar refractivity (Wildman–Crippen MR) is 89.0 cm³/mol. The molecule has 1 aliphatic rings. The Morgan fingerprint density at radius 1 is 1.26 bits per heavy atom. The summed E-state index contributed by atoms with van der Waals surface area (Å²) in [6.45, 7) is 1.53. The van der Waals surface area contributed by atoms with Crippen molar-refractivity contribution in [3.63, 3.8) is 0 Å². The number of para-hydroxylation sites is 1. The van der Waals surface area contributed by atoms with Gasteiger partial charge in [0.2, 0.25) is 5.91 Å². The number of nitriles is 1. The second kappa shape index (κ2) is 6.93. The molecule has 1 aromatic carbocycles. The van der Waals surface area contributed by atoms with Crippen LogP contribution >= 0.6 is 0 Å². The number of aromatic nitrogens is 1. The highest BCUT2D eigenvalue weighted by molar-refractivity contribution is 5.93. The summed E-state index contributed by atoms with van der Waals surface area (Å²) in [5, 5.41) is 11.8. The number of carbonyl (C=O) groups excluding carboxylic acids is 1. The number of nitrogens with zero attached hydrogens (tertiary/aromatic N) is 3. The maximum Gasteiger partial charge on any atom is 0.229 e. The van der Waals surface area contributed by atoms with Crippen LogP contribution in [0.1, 0.15) is 18.4 Å². The number of anilines is 2. The lowest BCUT2D eigenvalue weighted by Crippen LogP contribution is -2.41. The van der Waals surface area contributed by atoms with Crippen LogP contribution in [0.3, 0.4) is 0 Å². The Morgan fingerprint density at radius 3 is 2.78 bits per heavy atom. The van der Waals surface area contributed by atoms with Crippen LogP contribution in [0.2, 0.25) is 0 Å². The summed E-state index contributed by atoms with van der Waals surface area (Å²) in [6.07, 6.45) is 3.41. The third-order valence-electron chi connectivity index (χ3n) is 4.03. The molecule has 3 rings (SSSR count). The molecule has 2 heterocycles. The van der Waals surface area contributed by atoms with E-state index in [0.29, 0.717) is 12.1 Å². The van der Waals surface area contributed by atoms with Crippen molar-refractivity contribution in [3.8, 4) is 6.07 Å². The summed E-state index contributed by atoms with van der Waals surface area (Å²) in [5.74, 6) is 0.817. The second-order valence-electron chi connectivity index (χ2n) is 5.66. The van der Waals surface area contributed by atoms with Gasteiger partial charge in [-0.3, -0.25) is 4.79 Å². The van der Waals surface area contributed by atoms with Gasteiger partial charge in [0.25, 0.3) is 0 Å². The van der Waals surface area contributed by atoms with Gasteiger partial charge < -0.3 is 10.2 Å². The van der Waals surface area contributed by atoms with Crippen molar-refractivity contribution in [3.05, 3.63) is 54.2 Å². The lowest BCUT2D eigenvalue weighted by atomic mass is 9.97. The van der Waals surface area contributed by atoms with E-state index in [1.807, 2.05) is 36.4 Å². The first-order valence-corrected chi connectivity index (χ1v) is 7.73. The number of piperidine rings is 1. The van der Waals surface area contributed by atoms with Crippen LogP contribution in [0.4, 0.5) is 11.5 Å². The summed E-state index contributed by atoms with van der Waals surface area (Å²) in [4.78, 5) is 18.9. The van der Waals surface area contributed by atoms with Crippen molar-refractivity contribution in [2.45, 2.75) is 12.8 Å². The van der Waals surface area contributed by atoms with Crippen molar-refractivity contribution < 1.29 is 4.79 Å². The van der Waals surface area contributed by atoms with Gasteiger partial charge in [0, 0.05) is 25.0 Å². The molecule has 1 aromatic heterocycles. The summed E-state index contributed by atoms with van der Waals surface area (Å²) in [7, 11) is 0. The molecular weight excluding hydrogens is 288 g/mol. The Balaban J connectivity index is 1.65. The molecule has 5 heteroatoms. The second-order valence-corrected chi connectivity index (χ2v) is 5.66. The molecule has 0 aliphatic carbocycles. The highest BCUT2D eigenvalue weighted by atomic mass is 16.1. The van der Waals surface area contributed by atoms with E-state index in [4.69, 9.17) is 5.26 Å². The molecule has 0 unspecified atom stereocenters. The van der Waals surface area contributed by atoms with Gasteiger partial charge in [0.15, 0.2) is 0 Å². The molecule has 0 spiro atoms. The van der Waals surface area contributed by atoms with E-state index in [1.165, 1.54) is 0 Å². The number of benzene rings is 1. The zero-order chi connectivity index (χ0) is 16.1. The van der Waals surface area contributed by atoms with Crippen molar-refractivity contribution in [2.75, 3.05) is 23.3 Å². The van der Waals surface area contributed by atoms with Crippen LogP contribution in [0.15, 0.2) is 48.7 Å². The number of rotatable bonds is 3. The first-order valence-electron chi connectivity index (χ1n) is 7.73. The third-order valence-corrected chi connectivity index (χ3v) is 4.03. The number of amides is 1. The quantitative estimate of drug-likeness (QED) is 0.946. The normalized spacial score (nSPS) is 17.3. The number of hydrogen-bond acceptors (Lipinski definition) is 4. The van der Waals surface area contributed by atoms with E-state index in [9.17, 15) is 4.79 Å². The maximum atomic E-state index is 12.4. The van der Waals surface area contributed by atoms with E-state index in [2.05, 4.69) is 21.3 Å². The molecule has 0 bridgehead atoms. The van der Waals surface area contributed by atoms with Gasteiger partial charge in [0.1, 0.15) is 11.9 Å². The molecule has 0 saturated carbocycles. The fraction of sp³-hybridized carbons (Fsp3) is 0.278. The van der Waals surface area contributed by atoms with Crippen LogP contribution in [-0.2, 0) is 4.79 Å². The molecule has 1 saturated heterocycles. The summed E-state index contributed by atoms with van der Waals surface area (Å²) in [6, 6.07) is 15.2. The van der Waals surface area contributed by atoms with Crippen molar-refractivity contribution in [1.29, 1.82) is 5.26 Å². The van der Waals surface area contributed by atoms with Crippen LogP contribution in [0.25, 0.3) is 0 Å². The molecule has 23 heavy (non-hydrogen) atoms. The lowest BCUT2D eigenvalue weighted by Gasteiger charge is -2.32. The number of nitrogens with one attached hydrogen (secondary N) is 1. The largest absolute Gasteiger partial charge is 0.356 e. The van der Waals surface area contributed by atoms with Crippen molar-refractivity contribution >= 4 is 17.4 Å². The molecule has 5 nitrogen and oxygen atoms in total. The van der Waals surface area contributed by atoms with Gasteiger partial charge in [-0.25, -0.2) is 4.98 Å². The summed E-state index contributed by atoms with van der Waals surface area (Å²) >= 11 is 0. The average molecular weight is 306 g/mol. The van der Waals surface area contributed by atoms with Crippen molar-refractivity contribution in [1.82, 2.24) is 4.98 Å². The SMILES string of the molecule is N#Cc1ccc(N2CCC[C@H](C(=O)Nc3ccccc3)C2)nc1. The average Bonchev–Trinajstić information content (AvgIpc) is 2.63. The minimum absolute atomic E-state index is 0.0505. The number of pyridine rings is 1. The minimum Gasteiger partial charge on any atom is -0.356 e. The van der Waals surface area contributed by atoms with E-state index < -0.39 is 0 Å².